The highest BCUT2D eigenvalue weighted by Crippen LogP contribution is 2.39. The number of aliphatic hydroxyl groups is 11. The van der Waals surface area contributed by atoms with Crippen molar-refractivity contribution in [1.29, 1.82) is 0 Å². The monoisotopic (exact) mass is 504 g/mol. The molecule has 11 N–H and O–H groups in total. The summed E-state index contributed by atoms with van der Waals surface area (Å²) < 4.78 is 26.6. The fourth-order valence-electron chi connectivity index (χ4n) is 4.17. The Morgan fingerprint density at radius 2 is 0.971 bits per heavy atom. The van der Waals surface area contributed by atoms with Crippen molar-refractivity contribution >= 4 is 0 Å². The van der Waals surface area contributed by atoms with Gasteiger partial charge >= 0.3 is 0 Å². The highest BCUT2D eigenvalue weighted by atomic mass is 16.8. The Labute approximate surface area is 192 Å². The van der Waals surface area contributed by atoms with Gasteiger partial charge in [-0.15, -0.1) is 0 Å². The van der Waals surface area contributed by atoms with Gasteiger partial charge in [-0.3, -0.25) is 0 Å². The summed E-state index contributed by atoms with van der Waals surface area (Å²) in [6, 6.07) is 0. The molecule has 3 aliphatic heterocycles. The van der Waals surface area contributed by atoms with Gasteiger partial charge < -0.3 is 79.9 Å². The lowest BCUT2D eigenvalue weighted by molar-refractivity contribution is -0.359. The second-order valence-corrected chi connectivity index (χ2v) is 8.53. The summed E-state index contributed by atoms with van der Waals surface area (Å²) in [4.78, 5) is 0. The Bertz CT molecular complexity index is 684. The highest BCUT2D eigenvalue weighted by molar-refractivity contribution is 5.02. The fraction of sp³-hybridized carbons (Fsp3) is 1.00. The molecule has 200 valence electrons. The summed E-state index contributed by atoms with van der Waals surface area (Å²) in [6.45, 7) is -5.33. The van der Waals surface area contributed by atoms with Crippen molar-refractivity contribution in [3.05, 3.63) is 0 Å². The van der Waals surface area contributed by atoms with E-state index in [1.54, 1.807) is 0 Å². The van der Waals surface area contributed by atoms with Crippen molar-refractivity contribution in [3.63, 3.8) is 0 Å². The second kappa shape index (κ2) is 10.4. The molecule has 34 heavy (non-hydrogen) atoms. The Balaban J connectivity index is 1.82. The molecule has 0 aromatic rings. The van der Waals surface area contributed by atoms with E-state index in [4.69, 9.17) is 23.7 Å². The minimum Gasteiger partial charge on any atom is -0.394 e. The average Bonchev–Trinajstić information content (AvgIpc) is 3.33. The molecule has 16 heteroatoms. The van der Waals surface area contributed by atoms with Gasteiger partial charge in [-0.05, 0) is 0 Å². The first kappa shape index (κ1) is 27.9. The zero-order valence-corrected chi connectivity index (χ0v) is 17.9. The molecule has 3 rings (SSSR count). The van der Waals surface area contributed by atoms with Crippen molar-refractivity contribution in [2.24, 2.45) is 0 Å². The number of hydrogen-bond donors (Lipinski definition) is 11. The highest BCUT2D eigenvalue weighted by Gasteiger charge is 2.62. The smallest absolute Gasteiger partial charge is 0.222 e. The van der Waals surface area contributed by atoms with Crippen LogP contribution >= 0.6 is 0 Å². The third-order valence-electron chi connectivity index (χ3n) is 6.34. The second-order valence-electron chi connectivity index (χ2n) is 8.53. The van der Waals surface area contributed by atoms with Crippen LogP contribution in [0.5, 0.6) is 0 Å². The van der Waals surface area contributed by atoms with E-state index < -0.39 is 112 Å². The SMILES string of the molecule is OC[C@H]1O[C@@](CO)(OC[C@@]2(OC[C@@]3(O)O[C@H](CO)C(O)[C@H]3O)O[C@H](CO)C(O)[C@H]2O)[C@H](O)C1O. The van der Waals surface area contributed by atoms with Crippen LogP contribution in [0.25, 0.3) is 0 Å². The molecule has 0 aliphatic carbocycles. The Morgan fingerprint density at radius 1 is 0.559 bits per heavy atom. The Hall–Kier alpha value is -0.640. The maximum atomic E-state index is 10.6. The fourth-order valence-corrected chi connectivity index (χ4v) is 4.17. The van der Waals surface area contributed by atoms with E-state index in [0.29, 0.717) is 0 Å². The normalized spacial score (nSPS) is 51.4. The number of hydrogen-bond acceptors (Lipinski definition) is 16. The molecule has 0 saturated carbocycles. The van der Waals surface area contributed by atoms with Crippen LogP contribution in [0.4, 0.5) is 0 Å². The lowest BCUT2D eigenvalue weighted by atomic mass is 10.0. The molecule has 0 radical (unpaired) electrons. The van der Waals surface area contributed by atoms with Gasteiger partial charge in [0.25, 0.3) is 0 Å². The van der Waals surface area contributed by atoms with E-state index in [0.717, 1.165) is 0 Å². The van der Waals surface area contributed by atoms with Gasteiger partial charge in [-0.2, -0.15) is 0 Å². The lowest BCUT2D eigenvalue weighted by Gasteiger charge is -2.38. The molecule has 3 heterocycles. The van der Waals surface area contributed by atoms with Gasteiger partial charge in [0.2, 0.25) is 17.4 Å². The first-order chi connectivity index (χ1) is 15.9. The topological polar surface area (TPSA) is 269 Å². The van der Waals surface area contributed by atoms with Crippen LogP contribution in [-0.2, 0) is 23.7 Å². The summed E-state index contributed by atoms with van der Waals surface area (Å²) in [6.07, 6.45) is -15.1. The number of rotatable bonds is 10. The zero-order chi connectivity index (χ0) is 25.5. The third kappa shape index (κ3) is 4.59. The molecule has 12 atom stereocenters. The van der Waals surface area contributed by atoms with Gasteiger partial charge in [0.15, 0.2) is 0 Å². The minimum atomic E-state index is -2.61. The van der Waals surface area contributed by atoms with Crippen LogP contribution in [0.15, 0.2) is 0 Å². The molecule has 0 aromatic carbocycles. The van der Waals surface area contributed by atoms with Crippen molar-refractivity contribution < 1.29 is 79.9 Å². The first-order valence-electron chi connectivity index (χ1n) is 10.5. The molecular formula is C18H32O16. The molecule has 3 unspecified atom stereocenters. The van der Waals surface area contributed by atoms with E-state index in [1.807, 2.05) is 0 Å². The van der Waals surface area contributed by atoms with E-state index in [1.165, 1.54) is 0 Å². The van der Waals surface area contributed by atoms with Crippen LogP contribution < -0.4 is 0 Å². The molecule has 0 amide bonds. The molecule has 0 spiro atoms. The number of ether oxygens (including phenoxy) is 5. The van der Waals surface area contributed by atoms with Crippen LogP contribution in [0.2, 0.25) is 0 Å². The lowest BCUT2D eigenvalue weighted by Crippen LogP contribution is -2.57. The van der Waals surface area contributed by atoms with Crippen molar-refractivity contribution in [1.82, 2.24) is 0 Å². The van der Waals surface area contributed by atoms with Crippen LogP contribution in [0.1, 0.15) is 0 Å². The van der Waals surface area contributed by atoms with Gasteiger partial charge in [0, 0.05) is 0 Å². The summed E-state index contributed by atoms with van der Waals surface area (Å²) in [5, 5.41) is 109. The van der Waals surface area contributed by atoms with E-state index in [9.17, 15) is 56.2 Å². The van der Waals surface area contributed by atoms with Crippen molar-refractivity contribution in [3.8, 4) is 0 Å². The van der Waals surface area contributed by atoms with Gasteiger partial charge in [0.1, 0.15) is 74.8 Å². The van der Waals surface area contributed by atoms with Crippen LogP contribution in [-0.4, -0.2) is 168 Å². The van der Waals surface area contributed by atoms with Crippen molar-refractivity contribution in [2.45, 2.75) is 72.3 Å². The standard InChI is InChI=1S/C18H32O16/c19-1-7-10(23)13(26)16(29,32-7)5-30-18(15(28)12(25)9(3-21)34-18)6-31-17(4-22)14(27)11(24)8(2-20)33-17/h7-15,19-29H,1-6H2/t7-,8-,9-,10?,11?,12?,13-,14-,15-,16-,17-,18-/m1/s1. The molecular weight excluding hydrogens is 472 g/mol. The molecule has 3 saturated heterocycles. The maximum absolute atomic E-state index is 10.6. The summed E-state index contributed by atoms with van der Waals surface area (Å²) in [5.41, 5.74) is 0. The van der Waals surface area contributed by atoms with E-state index >= 15 is 0 Å². The molecule has 0 aromatic heterocycles. The van der Waals surface area contributed by atoms with Gasteiger partial charge in [-0.1, -0.05) is 0 Å². The largest absolute Gasteiger partial charge is 0.394 e. The average molecular weight is 504 g/mol. The molecule has 3 aliphatic rings. The maximum Gasteiger partial charge on any atom is 0.222 e. The van der Waals surface area contributed by atoms with Crippen LogP contribution in [0.3, 0.4) is 0 Å². The number of aliphatic hydroxyl groups excluding tert-OH is 10. The first-order valence-corrected chi connectivity index (χ1v) is 10.5. The summed E-state index contributed by atoms with van der Waals surface area (Å²) in [5.74, 6) is -7.37. The molecule has 16 nitrogen and oxygen atoms in total. The van der Waals surface area contributed by atoms with Gasteiger partial charge in [0.05, 0.1) is 19.8 Å². The predicted octanol–water partition coefficient (Wildman–Crippen LogP) is -7.57. The Kier molecular flexibility index (Phi) is 8.53. The third-order valence-corrected chi connectivity index (χ3v) is 6.34. The molecule has 3 fully saturated rings. The van der Waals surface area contributed by atoms with E-state index in [-0.39, 0.29) is 0 Å². The van der Waals surface area contributed by atoms with Gasteiger partial charge in [-0.25, -0.2) is 0 Å². The van der Waals surface area contributed by atoms with E-state index in [2.05, 4.69) is 0 Å². The van der Waals surface area contributed by atoms with Crippen LogP contribution in [0, 0.1) is 0 Å². The quantitative estimate of drug-likeness (QED) is 0.132. The van der Waals surface area contributed by atoms with Crippen molar-refractivity contribution in [2.75, 3.05) is 39.6 Å². The minimum absolute atomic E-state index is 0.744. The predicted molar refractivity (Wildman–Crippen MR) is 101 cm³/mol. The molecule has 0 bridgehead atoms. The Morgan fingerprint density at radius 3 is 1.41 bits per heavy atom. The summed E-state index contributed by atoms with van der Waals surface area (Å²) >= 11 is 0. The zero-order valence-electron chi connectivity index (χ0n) is 17.9. The summed E-state index contributed by atoms with van der Waals surface area (Å²) in [7, 11) is 0.